The number of ether oxygens (including phenoxy) is 1. The second-order valence-corrected chi connectivity index (χ2v) is 5.56. The third kappa shape index (κ3) is 2.05. The van der Waals surface area contributed by atoms with Gasteiger partial charge in [-0.15, -0.1) is 0 Å². The lowest BCUT2D eigenvalue weighted by atomic mass is 9.60. The molecule has 2 fully saturated rings. The van der Waals surface area contributed by atoms with Gasteiger partial charge in [0.2, 0.25) is 0 Å². The van der Waals surface area contributed by atoms with Crippen molar-refractivity contribution in [3.63, 3.8) is 0 Å². The molecule has 1 aliphatic heterocycles. The van der Waals surface area contributed by atoms with Crippen molar-refractivity contribution in [1.82, 2.24) is 0 Å². The van der Waals surface area contributed by atoms with Gasteiger partial charge in [0.25, 0.3) is 0 Å². The van der Waals surface area contributed by atoms with Crippen LogP contribution in [0.4, 0.5) is 0 Å². The van der Waals surface area contributed by atoms with Crippen molar-refractivity contribution in [2.75, 3.05) is 13.2 Å². The average molecular weight is 213 g/mol. The SMILES string of the molecule is CC1(C2(N)CCC(O)CC2)CCOCC1. The minimum absolute atomic E-state index is 0.0734. The molecule has 0 aromatic heterocycles. The van der Waals surface area contributed by atoms with E-state index in [9.17, 15) is 5.11 Å². The second kappa shape index (κ2) is 4.04. The van der Waals surface area contributed by atoms with Gasteiger partial charge in [0.1, 0.15) is 0 Å². The Kier molecular flexibility index (Phi) is 3.06. The first-order valence-corrected chi connectivity index (χ1v) is 6.10. The van der Waals surface area contributed by atoms with Crippen LogP contribution in [-0.4, -0.2) is 30.0 Å². The number of nitrogens with two attached hydrogens (primary N) is 1. The monoisotopic (exact) mass is 213 g/mol. The van der Waals surface area contributed by atoms with Crippen molar-refractivity contribution in [3.8, 4) is 0 Å². The molecule has 1 aliphatic carbocycles. The first kappa shape index (κ1) is 11.4. The van der Waals surface area contributed by atoms with Crippen LogP contribution in [-0.2, 0) is 4.74 Å². The maximum Gasteiger partial charge on any atom is 0.0541 e. The van der Waals surface area contributed by atoms with Gasteiger partial charge in [0.15, 0.2) is 0 Å². The van der Waals surface area contributed by atoms with Gasteiger partial charge in [-0.1, -0.05) is 6.92 Å². The molecule has 88 valence electrons. The van der Waals surface area contributed by atoms with Gasteiger partial charge in [0.05, 0.1) is 6.10 Å². The Bertz CT molecular complexity index is 216. The summed E-state index contributed by atoms with van der Waals surface area (Å²) in [6.07, 6.45) is 5.68. The van der Waals surface area contributed by atoms with Crippen LogP contribution < -0.4 is 5.73 Å². The van der Waals surface area contributed by atoms with Crippen LogP contribution >= 0.6 is 0 Å². The van der Waals surface area contributed by atoms with E-state index in [4.69, 9.17) is 10.5 Å². The predicted octanol–water partition coefficient (Wildman–Crippen LogP) is 1.44. The Morgan fingerprint density at radius 1 is 1.13 bits per heavy atom. The van der Waals surface area contributed by atoms with Crippen molar-refractivity contribution in [2.24, 2.45) is 11.1 Å². The molecular formula is C12H23NO2. The van der Waals surface area contributed by atoms with Crippen LogP contribution in [0.15, 0.2) is 0 Å². The maximum atomic E-state index is 9.54. The molecule has 0 radical (unpaired) electrons. The summed E-state index contributed by atoms with van der Waals surface area (Å²) in [5, 5.41) is 9.54. The summed E-state index contributed by atoms with van der Waals surface area (Å²) in [6, 6.07) is 0. The Labute approximate surface area is 92.0 Å². The normalized spacial score (nSPS) is 41.4. The van der Waals surface area contributed by atoms with E-state index in [1.54, 1.807) is 0 Å². The van der Waals surface area contributed by atoms with E-state index < -0.39 is 0 Å². The molecule has 2 aliphatic rings. The summed E-state index contributed by atoms with van der Waals surface area (Å²) < 4.78 is 5.42. The van der Waals surface area contributed by atoms with Crippen LogP contribution in [0.25, 0.3) is 0 Å². The van der Waals surface area contributed by atoms with E-state index in [-0.39, 0.29) is 17.1 Å². The first-order chi connectivity index (χ1) is 7.06. The van der Waals surface area contributed by atoms with Gasteiger partial charge < -0.3 is 15.6 Å². The van der Waals surface area contributed by atoms with Crippen molar-refractivity contribution in [1.29, 1.82) is 0 Å². The fraction of sp³-hybridized carbons (Fsp3) is 1.00. The van der Waals surface area contributed by atoms with E-state index in [0.29, 0.717) is 0 Å². The van der Waals surface area contributed by atoms with E-state index >= 15 is 0 Å². The van der Waals surface area contributed by atoms with Gasteiger partial charge >= 0.3 is 0 Å². The molecule has 0 aromatic rings. The summed E-state index contributed by atoms with van der Waals surface area (Å²) in [6.45, 7) is 3.99. The van der Waals surface area contributed by atoms with E-state index in [2.05, 4.69) is 6.92 Å². The van der Waals surface area contributed by atoms with Crippen LogP contribution in [0.3, 0.4) is 0 Å². The summed E-state index contributed by atoms with van der Waals surface area (Å²) >= 11 is 0. The van der Waals surface area contributed by atoms with Crippen LogP contribution in [0.2, 0.25) is 0 Å². The number of aliphatic hydroxyl groups is 1. The Morgan fingerprint density at radius 3 is 2.20 bits per heavy atom. The highest BCUT2D eigenvalue weighted by Crippen LogP contribution is 2.46. The molecule has 1 saturated heterocycles. The van der Waals surface area contributed by atoms with Gasteiger partial charge in [-0.05, 0) is 43.9 Å². The number of rotatable bonds is 1. The van der Waals surface area contributed by atoms with E-state index in [1.807, 2.05) is 0 Å². The molecular weight excluding hydrogens is 190 g/mol. The van der Waals surface area contributed by atoms with Crippen LogP contribution in [0.1, 0.15) is 45.4 Å². The molecule has 0 aromatic carbocycles. The van der Waals surface area contributed by atoms with Crippen LogP contribution in [0, 0.1) is 5.41 Å². The highest BCUT2D eigenvalue weighted by atomic mass is 16.5. The molecule has 1 heterocycles. The third-order valence-corrected chi connectivity index (χ3v) is 4.65. The quantitative estimate of drug-likeness (QED) is 0.693. The Hall–Kier alpha value is -0.120. The zero-order valence-corrected chi connectivity index (χ0v) is 9.67. The zero-order valence-electron chi connectivity index (χ0n) is 9.67. The van der Waals surface area contributed by atoms with Gasteiger partial charge in [-0.2, -0.15) is 0 Å². The predicted molar refractivity (Wildman–Crippen MR) is 59.6 cm³/mol. The molecule has 3 heteroatoms. The molecule has 0 spiro atoms. The number of aliphatic hydroxyl groups excluding tert-OH is 1. The summed E-state index contributed by atoms with van der Waals surface area (Å²) in [7, 11) is 0. The molecule has 0 atom stereocenters. The second-order valence-electron chi connectivity index (χ2n) is 5.56. The molecule has 15 heavy (non-hydrogen) atoms. The first-order valence-electron chi connectivity index (χ1n) is 6.10. The summed E-state index contributed by atoms with van der Waals surface area (Å²) in [5.41, 5.74) is 6.70. The van der Waals surface area contributed by atoms with E-state index in [0.717, 1.165) is 51.7 Å². The molecule has 0 amide bonds. The lowest BCUT2D eigenvalue weighted by Crippen LogP contribution is -2.58. The minimum atomic E-state index is -0.120. The van der Waals surface area contributed by atoms with Crippen molar-refractivity contribution < 1.29 is 9.84 Å². The number of hydrogen-bond donors (Lipinski definition) is 2. The molecule has 2 rings (SSSR count). The van der Waals surface area contributed by atoms with Crippen molar-refractivity contribution in [3.05, 3.63) is 0 Å². The molecule has 0 unspecified atom stereocenters. The Balaban J connectivity index is 2.06. The molecule has 3 nitrogen and oxygen atoms in total. The topological polar surface area (TPSA) is 55.5 Å². The standard InChI is InChI=1S/C12H23NO2/c1-11(6-8-15-9-7-11)12(13)4-2-10(14)3-5-12/h10,14H,2-9,13H2,1H3. The fourth-order valence-corrected chi connectivity index (χ4v) is 3.04. The Morgan fingerprint density at radius 2 is 1.67 bits per heavy atom. The lowest BCUT2D eigenvalue weighted by molar-refractivity contribution is -0.0438. The lowest BCUT2D eigenvalue weighted by Gasteiger charge is -2.51. The van der Waals surface area contributed by atoms with Gasteiger partial charge in [-0.3, -0.25) is 0 Å². The smallest absolute Gasteiger partial charge is 0.0541 e. The van der Waals surface area contributed by atoms with E-state index in [1.165, 1.54) is 0 Å². The largest absolute Gasteiger partial charge is 0.393 e. The summed E-state index contributed by atoms with van der Waals surface area (Å²) in [5.74, 6) is 0. The van der Waals surface area contributed by atoms with Crippen molar-refractivity contribution >= 4 is 0 Å². The molecule has 1 saturated carbocycles. The minimum Gasteiger partial charge on any atom is -0.393 e. The number of hydrogen-bond acceptors (Lipinski definition) is 3. The molecule has 0 bridgehead atoms. The zero-order chi connectivity index (χ0) is 10.9. The highest BCUT2D eigenvalue weighted by molar-refractivity contribution is 5.03. The van der Waals surface area contributed by atoms with Gasteiger partial charge in [-0.25, -0.2) is 0 Å². The summed E-state index contributed by atoms with van der Waals surface area (Å²) in [4.78, 5) is 0. The highest BCUT2D eigenvalue weighted by Gasteiger charge is 2.47. The maximum absolute atomic E-state index is 9.54. The molecule has 3 N–H and O–H groups in total. The van der Waals surface area contributed by atoms with Gasteiger partial charge in [0, 0.05) is 18.8 Å². The van der Waals surface area contributed by atoms with Crippen molar-refractivity contribution in [2.45, 2.75) is 57.1 Å². The average Bonchev–Trinajstić information content (AvgIpc) is 2.24. The fourth-order valence-electron chi connectivity index (χ4n) is 3.04. The third-order valence-electron chi connectivity index (χ3n) is 4.65. The van der Waals surface area contributed by atoms with Crippen LogP contribution in [0.5, 0.6) is 0 Å².